The van der Waals surface area contributed by atoms with Crippen molar-refractivity contribution in [1.82, 2.24) is 5.43 Å². The number of likely N-dealkylation sites (N-methyl/N-ethyl adjacent to an activating group) is 1. The van der Waals surface area contributed by atoms with Gasteiger partial charge in [-0.25, -0.2) is 5.43 Å². The Balaban J connectivity index is 1.82. The SMILES string of the molecule is CC1=CC(C)(C)N(C)c2cc(C)c(/C=N/NC(=O)c3ccc(Cl)cc3)cc21. The van der Waals surface area contributed by atoms with Gasteiger partial charge < -0.3 is 4.90 Å². The summed E-state index contributed by atoms with van der Waals surface area (Å²) in [7, 11) is 2.11. The van der Waals surface area contributed by atoms with Gasteiger partial charge in [0.1, 0.15) is 0 Å². The quantitative estimate of drug-likeness (QED) is 0.597. The molecule has 0 saturated carbocycles. The van der Waals surface area contributed by atoms with Crippen LogP contribution in [0.4, 0.5) is 5.69 Å². The largest absolute Gasteiger partial charge is 0.365 e. The first kappa shape index (κ1) is 19.2. The van der Waals surface area contributed by atoms with Crippen molar-refractivity contribution in [2.24, 2.45) is 5.10 Å². The van der Waals surface area contributed by atoms with Gasteiger partial charge in [0.15, 0.2) is 0 Å². The van der Waals surface area contributed by atoms with Crippen LogP contribution >= 0.6 is 11.6 Å². The van der Waals surface area contributed by atoms with Crippen LogP contribution in [0.5, 0.6) is 0 Å². The molecule has 27 heavy (non-hydrogen) atoms. The van der Waals surface area contributed by atoms with Crippen LogP contribution in [0.25, 0.3) is 5.57 Å². The lowest BCUT2D eigenvalue weighted by Crippen LogP contribution is -2.42. The minimum absolute atomic E-state index is 0.0221. The molecule has 0 unspecified atom stereocenters. The molecule has 1 heterocycles. The van der Waals surface area contributed by atoms with E-state index in [2.05, 4.69) is 68.4 Å². The highest BCUT2D eigenvalue weighted by atomic mass is 35.5. The highest BCUT2D eigenvalue weighted by Crippen LogP contribution is 2.38. The van der Waals surface area contributed by atoms with Crippen molar-refractivity contribution in [3.63, 3.8) is 0 Å². The summed E-state index contributed by atoms with van der Waals surface area (Å²) in [5.74, 6) is -0.268. The summed E-state index contributed by atoms with van der Waals surface area (Å²) in [6.07, 6.45) is 3.96. The number of hydrogen-bond donors (Lipinski definition) is 1. The summed E-state index contributed by atoms with van der Waals surface area (Å²) in [5.41, 5.74) is 8.79. The number of carbonyl (C=O) groups excluding carboxylic acids is 1. The molecule has 0 aliphatic carbocycles. The lowest BCUT2D eigenvalue weighted by molar-refractivity contribution is 0.0955. The van der Waals surface area contributed by atoms with Crippen molar-refractivity contribution in [3.8, 4) is 0 Å². The molecule has 1 N–H and O–H groups in total. The predicted octanol–water partition coefficient (Wildman–Crippen LogP) is 5.04. The van der Waals surface area contributed by atoms with Gasteiger partial charge in [0.05, 0.1) is 11.8 Å². The number of anilines is 1. The number of hydrazone groups is 1. The van der Waals surface area contributed by atoms with Gasteiger partial charge in [-0.15, -0.1) is 0 Å². The highest BCUT2D eigenvalue weighted by molar-refractivity contribution is 6.30. The smallest absolute Gasteiger partial charge is 0.271 e. The number of halogens is 1. The number of hydrogen-bond acceptors (Lipinski definition) is 3. The summed E-state index contributed by atoms with van der Waals surface area (Å²) in [6, 6.07) is 11.0. The molecule has 0 spiro atoms. The van der Waals surface area contributed by atoms with E-state index >= 15 is 0 Å². The van der Waals surface area contributed by atoms with E-state index in [0.717, 1.165) is 11.1 Å². The van der Waals surface area contributed by atoms with Gasteiger partial charge in [-0.3, -0.25) is 4.79 Å². The van der Waals surface area contributed by atoms with Crippen LogP contribution in [0.1, 0.15) is 47.8 Å². The first-order valence-corrected chi connectivity index (χ1v) is 9.24. The molecule has 2 aromatic rings. The van der Waals surface area contributed by atoms with Crippen LogP contribution in [-0.4, -0.2) is 24.7 Å². The Kier molecular flexibility index (Phi) is 5.11. The maximum absolute atomic E-state index is 12.1. The van der Waals surface area contributed by atoms with Gasteiger partial charge in [-0.2, -0.15) is 5.10 Å². The molecule has 1 aliphatic heterocycles. The Hall–Kier alpha value is -2.59. The lowest BCUT2D eigenvalue weighted by Gasteiger charge is -2.41. The zero-order valence-electron chi connectivity index (χ0n) is 16.3. The van der Waals surface area contributed by atoms with Gasteiger partial charge in [0.2, 0.25) is 0 Å². The number of benzene rings is 2. The van der Waals surface area contributed by atoms with E-state index in [4.69, 9.17) is 11.6 Å². The number of nitrogens with one attached hydrogen (secondary N) is 1. The van der Waals surface area contributed by atoms with Crippen molar-refractivity contribution in [3.05, 3.63) is 69.8 Å². The molecule has 140 valence electrons. The Morgan fingerprint density at radius 1 is 1.19 bits per heavy atom. The van der Waals surface area contributed by atoms with E-state index in [1.54, 1.807) is 30.5 Å². The van der Waals surface area contributed by atoms with Crippen molar-refractivity contribution in [2.75, 3.05) is 11.9 Å². The topological polar surface area (TPSA) is 44.7 Å². The third-order valence-electron chi connectivity index (χ3n) is 5.08. The lowest BCUT2D eigenvalue weighted by atomic mass is 9.87. The molecular weight excluding hydrogens is 358 g/mol. The van der Waals surface area contributed by atoms with Gasteiger partial charge in [-0.05, 0) is 80.8 Å². The standard InChI is InChI=1S/C22H24ClN3O/c1-14-10-20-19(15(2)12-22(3,4)26(20)5)11-17(14)13-24-25-21(27)16-6-8-18(23)9-7-16/h6-13H,1-5H3,(H,25,27)/b24-13+. The third-order valence-corrected chi connectivity index (χ3v) is 5.33. The second-order valence-electron chi connectivity index (χ2n) is 7.47. The average Bonchev–Trinajstić information content (AvgIpc) is 2.61. The predicted molar refractivity (Wildman–Crippen MR) is 114 cm³/mol. The van der Waals surface area contributed by atoms with Crippen LogP contribution in [-0.2, 0) is 0 Å². The third kappa shape index (κ3) is 3.91. The normalized spacial score (nSPS) is 15.5. The first-order valence-electron chi connectivity index (χ1n) is 8.86. The van der Waals surface area contributed by atoms with Crippen molar-refractivity contribution in [2.45, 2.75) is 33.2 Å². The van der Waals surface area contributed by atoms with Crippen LogP contribution in [0.15, 0.2) is 47.6 Å². The van der Waals surface area contributed by atoms with Gasteiger partial charge in [0.25, 0.3) is 5.91 Å². The fourth-order valence-corrected chi connectivity index (χ4v) is 3.41. The molecule has 1 aliphatic rings. The summed E-state index contributed by atoms with van der Waals surface area (Å²) in [4.78, 5) is 14.4. The van der Waals surface area contributed by atoms with E-state index in [1.807, 2.05) is 0 Å². The fraction of sp³-hybridized carbons (Fsp3) is 0.273. The molecule has 5 heteroatoms. The zero-order chi connectivity index (χ0) is 19.8. The van der Waals surface area contributed by atoms with E-state index in [1.165, 1.54) is 16.8 Å². The van der Waals surface area contributed by atoms with Crippen LogP contribution in [0.2, 0.25) is 5.02 Å². The molecular formula is C22H24ClN3O. The number of allylic oxidation sites excluding steroid dienone is 1. The minimum atomic E-state index is -0.268. The summed E-state index contributed by atoms with van der Waals surface area (Å²) in [5, 5.41) is 4.73. The number of fused-ring (bicyclic) bond motifs is 1. The Morgan fingerprint density at radius 3 is 2.52 bits per heavy atom. The fourth-order valence-electron chi connectivity index (χ4n) is 3.28. The Bertz CT molecular complexity index is 943. The molecule has 0 bridgehead atoms. The van der Waals surface area contributed by atoms with Gasteiger partial charge in [-0.1, -0.05) is 17.7 Å². The van der Waals surface area contributed by atoms with E-state index in [-0.39, 0.29) is 11.4 Å². The minimum Gasteiger partial charge on any atom is -0.365 e. The number of nitrogens with zero attached hydrogens (tertiary/aromatic N) is 2. The number of carbonyl (C=O) groups is 1. The maximum atomic E-state index is 12.1. The second kappa shape index (κ2) is 7.20. The molecule has 1 amide bonds. The maximum Gasteiger partial charge on any atom is 0.271 e. The molecule has 2 aromatic carbocycles. The van der Waals surface area contributed by atoms with Crippen LogP contribution in [0, 0.1) is 6.92 Å². The van der Waals surface area contributed by atoms with Gasteiger partial charge >= 0.3 is 0 Å². The first-order chi connectivity index (χ1) is 12.7. The molecule has 3 rings (SSSR count). The second-order valence-corrected chi connectivity index (χ2v) is 7.91. The highest BCUT2D eigenvalue weighted by Gasteiger charge is 2.28. The van der Waals surface area contributed by atoms with Crippen molar-refractivity contribution >= 4 is 35.0 Å². The van der Waals surface area contributed by atoms with E-state index in [9.17, 15) is 4.79 Å². The molecule has 0 aromatic heterocycles. The number of aryl methyl sites for hydroxylation is 1. The summed E-state index contributed by atoms with van der Waals surface area (Å²) in [6.45, 7) is 8.59. The van der Waals surface area contributed by atoms with Crippen LogP contribution in [0.3, 0.4) is 0 Å². The number of rotatable bonds is 3. The van der Waals surface area contributed by atoms with E-state index < -0.39 is 0 Å². The van der Waals surface area contributed by atoms with Crippen LogP contribution < -0.4 is 10.3 Å². The molecule has 0 saturated heterocycles. The number of amides is 1. The van der Waals surface area contributed by atoms with E-state index in [0.29, 0.717) is 10.6 Å². The molecule has 0 atom stereocenters. The monoisotopic (exact) mass is 381 g/mol. The van der Waals surface area contributed by atoms with Gasteiger partial charge in [0, 0.05) is 28.9 Å². The summed E-state index contributed by atoms with van der Waals surface area (Å²) < 4.78 is 0. The zero-order valence-corrected chi connectivity index (χ0v) is 17.1. The average molecular weight is 382 g/mol. The molecule has 0 radical (unpaired) electrons. The molecule has 4 nitrogen and oxygen atoms in total. The summed E-state index contributed by atoms with van der Waals surface area (Å²) >= 11 is 5.85. The Labute approximate surface area is 165 Å². The Morgan fingerprint density at radius 2 is 1.85 bits per heavy atom. The van der Waals surface area contributed by atoms with Crippen molar-refractivity contribution < 1.29 is 4.79 Å². The molecule has 0 fully saturated rings. The van der Waals surface area contributed by atoms with Crippen molar-refractivity contribution in [1.29, 1.82) is 0 Å².